The standard InChI is InChI=1S/C32H49BCl2N2O3/c1-18(2)14-28(33(40)20(4)24-15-22-16-26(19(24)3)32(22,5)6)36-31(39)29(21-10-8-7-9-11-21)37-30(38)25-17-23(34)12-13-27(25)35/h12-13,17-22,24,26,28-29,40H,7-11,14-16H2,1-6H3,(H,36,39)(H,37,38)/t19-,20+,22+,24+,26+,28-,29-/m0/s1. The fraction of sp³-hybridized carbons (Fsp3) is 0.750. The summed E-state index contributed by atoms with van der Waals surface area (Å²) in [5.74, 6) is 1.85. The van der Waals surface area contributed by atoms with Crippen molar-refractivity contribution >= 4 is 41.9 Å². The molecule has 0 radical (unpaired) electrons. The number of hydrogen-bond donors (Lipinski definition) is 3. The van der Waals surface area contributed by atoms with Crippen LogP contribution < -0.4 is 10.6 Å². The zero-order chi connectivity index (χ0) is 29.4. The van der Waals surface area contributed by atoms with Crippen molar-refractivity contribution in [1.82, 2.24) is 10.6 Å². The van der Waals surface area contributed by atoms with Gasteiger partial charge in [-0.1, -0.05) is 84.0 Å². The van der Waals surface area contributed by atoms with Crippen LogP contribution in [-0.2, 0) is 4.79 Å². The molecule has 1 aromatic carbocycles. The van der Waals surface area contributed by atoms with Crippen LogP contribution in [0, 0.1) is 40.9 Å². The lowest BCUT2D eigenvalue weighted by Gasteiger charge is -2.63. The highest BCUT2D eigenvalue weighted by Crippen LogP contribution is 2.64. The molecule has 2 amide bonds. The fourth-order valence-corrected chi connectivity index (χ4v) is 8.70. The summed E-state index contributed by atoms with van der Waals surface area (Å²) in [6.45, 7) is 12.9. The molecule has 0 unspecified atom stereocenters. The second kappa shape index (κ2) is 13.0. The molecule has 0 saturated heterocycles. The van der Waals surface area contributed by atoms with E-state index in [-0.39, 0.29) is 29.1 Å². The Hall–Kier alpha value is -1.24. The predicted molar refractivity (Wildman–Crippen MR) is 166 cm³/mol. The van der Waals surface area contributed by atoms with Gasteiger partial charge in [-0.05, 0) is 97.0 Å². The van der Waals surface area contributed by atoms with Gasteiger partial charge in [-0.25, -0.2) is 0 Å². The minimum absolute atomic E-state index is 0.0395. The van der Waals surface area contributed by atoms with Gasteiger partial charge in [0.1, 0.15) is 6.04 Å². The van der Waals surface area contributed by atoms with Gasteiger partial charge in [0.2, 0.25) is 5.91 Å². The number of fused-ring (bicyclic) bond motifs is 2. The fourth-order valence-electron chi connectivity index (χ4n) is 8.32. The van der Waals surface area contributed by atoms with E-state index in [1.165, 1.54) is 6.42 Å². The molecule has 40 heavy (non-hydrogen) atoms. The molecular weight excluding hydrogens is 542 g/mol. The molecule has 0 aromatic heterocycles. The molecule has 5 nitrogen and oxygen atoms in total. The second-order valence-corrected chi connectivity index (χ2v) is 15.0. The minimum atomic E-state index is -0.693. The van der Waals surface area contributed by atoms with Crippen molar-refractivity contribution in [3.8, 4) is 0 Å². The van der Waals surface area contributed by atoms with Crippen LogP contribution in [0.4, 0.5) is 0 Å². The summed E-state index contributed by atoms with van der Waals surface area (Å²) in [5, 5.41) is 18.7. The zero-order valence-electron chi connectivity index (χ0n) is 25.2. The Morgan fingerprint density at radius 2 is 1.75 bits per heavy atom. The Balaban J connectivity index is 1.51. The van der Waals surface area contributed by atoms with E-state index in [0.29, 0.717) is 45.6 Å². The average Bonchev–Trinajstić information content (AvgIpc) is 2.91. The Labute approximate surface area is 252 Å². The third-order valence-corrected chi connectivity index (χ3v) is 11.5. The Kier molecular flexibility index (Phi) is 10.3. The molecule has 4 saturated carbocycles. The number of carbonyl (C=O) groups excluding carboxylic acids is 2. The smallest absolute Gasteiger partial charge is 0.315 e. The van der Waals surface area contributed by atoms with Crippen LogP contribution in [-0.4, -0.2) is 35.7 Å². The number of amides is 2. The molecule has 0 spiro atoms. The first-order valence-electron chi connectivity index (χ1n) is 15.6. The Morgan fingerprint density at radius 3 is 2.35 bits per heavy atom. The monoisotopic (exact) mass is 590 g/mol. The first-order chi connectivity index (χ1) is 18.8. The topological polar surface area (TPSA) is 78.4 Å². The molecule has 4 fully saturated rings. The van der Waals surface area contributed by atoms with E-state index in [1.54, 1.807) is 18.2 Å². The van der Waals surface area contributed by atoms with Crippen molar-refractivity contribution in [1.29, 1.82) is 0 Å². The van der Waals surface area contributed by atoms with Crippen LogP contribution in [0.25, 0.3) is 0 Å². The molecule has 5 rings (SSSR count). The zero-order valence-corrected chi connectivity index (χ0v) is 26.7. The van der Waals surface area contributed by atoms with E-state index < -0.39 is 18.9 Å². The maximum atomic E-state index is 14.0. The molecule has 2 bridgehead atoms. The molecule has 4 aliphatic carbocycles. The van der Waals surface area contributed by atoms with Crippen LogP contribution in [0.5, 0.6) is 0 Å². The maximum absolute atomic E-state index is 14.0. The first-order valence-corrected chi connectivity index (χ1v) is 16.3. The molecule has 8 heteroatoms. The summed E-state index contributed by atoms with van der Waals surface area (Å²) in [6, 6.07) is 4.09. The molecule has 7 atom stereocenters. The lowest BCUT2D eigenvalue weighted by molar-refractivity contribution is -0.129. The van der Waals surface area contributed by atoms with Crippen molar-refractivity contribution in [3.63, 3.8) is 0 Å². The highest BCUT2D eigenvalue weighted by molar-refractivity contribution is 6.54. The van der Waals surface area contributed by atoms with E-state index in [9.17, 15) is 14.6 Å². The van der Waals surface area contributed by atoms with Crippen LogP contribution in [0.15, 0.2) is 18.2 Å². The summed E-state index contributed by atoms with van der Waals surface area (Å²) >= 11 is 12.5. The highest BCUT2D eigenvalue weighted by atomic mass is 35.5. The second-order valence-electron chi connectivity index (χ2n) is 14.2. The summed E-state index contributed by atoms with van der Waals surface area (Å²) in [5.41, 5.74) is 0.659. The minimum Gasteiger partial charge on any atom is -0.448 e. The summed E-state index contributed by atoms with van der Waals surface area (Å²) < 4.78 is 0. The van der Waals surface area contributed by atoms with Gasteiger partial charge in [0.15, 0.2) is 0 Å². The van der Waals surface area contributed by atoms with E-state index in [4.69, 9.17) is 23.2 Å². The molecule has 0 aliphatic heterocycles. The number of hydrogen-bond acceptors (Lipinski definition) is 3. The van der Waals surface area contributed by atoms with Gasteiger partial charge in [-0.15, -0.1) is 0 Å². The van der Waals surface area contributed by atoms with Crippen molar-refractivity contribution in [2.45, 2.75) is 111 Å². The van der Waals surface area contributed by atoms with Gasteiger partial charge in [-0.3, -0.25) is 9.59 Å². The van der Waals surface area contributed by atoms with Crippen molar-refractivity contribution in [2.75, 3.05) is 0 Å². The third-order valence-electron chi connectivity index (χ3n) is 11.0. The molecule has 222 valence electrons. The summed E-state index contributed by atoms with van der Waals surface area (Å²) in [7, 11) is 0. The van der Waals surface area contributed by atoms with Crippen molar-refractivity contribution in [2.24, 2.45) is 40.9 Å². The predicted octanol–water partition coefficient (Wildman–Crippen LogP) is 7.43. The SMILES string of the molecule is CC(C)C[C@H](NC(=O)[C@@H](NC(=O)c1cc(Cl)ccc1Cl)C1CCCCC1)B(O)[C@H](C)[C@@H]1C[C@@H]2C[C@H]([C@H]1C)C2(C)C. The number of carbonyl (C=O) groups is 2. The van der Waals surface area contributed by atoms with Crippen LogP contribution in [0.2, 0.25) is 15.9 Å². The van der Waals surface area contributed by atoms with Gasteiger partial charge >= 0.3 is 6.92 Å². The molecule has 0 heterocycles. The van der Waals surface area contributed by atoms with Gasteiger partial charge in [0.05, 0.1) is 10.6 Å². The Bertz CT molecular complexity index is 1060. The van der Waals surface area contributed by atoms with Gasteiger partial charge in [-0.2, -0.15) is 0 Å². The van der Waals surface area contributed by atoms with Crippen LogP contribution in [0.1, 0.15) is 103 Å². The molecule has 1 aromatic rings. The number of rotatable bonds is 10. The number of nitrogens with one attached hydrogen (secondary N) is 2. The van der Waals surface area contributed by atoms with E-state index in [1.807, 2.05) is 0 Å². The van der Waals surface area contributed by atoms with Gasteiger partial charge in [0, 0.05) is 11.0 Å². The normalized spacial score (nSPS) is 28.2. The van der Waals surface area contributed by atoms with E-state index >= 15 is 0 Å². The lowest BCUT2D eigenvalue weighted by Crippen LogP contribution is -2.60. The van der Waals surface area contributed by atoms with Gasteiger partial charge in [0.25, 0.3) is 5.91 Å². The quantitative estimate of drug-likeness (QED) is 0.248. The van der Waals surface area contributed by atoms with Crippen molar-refractivity contribution in [3.05, 3.63) is 33.8 Å². The van der Waals surface area contributed by atoms with Gasteiger partial charge < -0.3 is 15.7 Å². The van der Waals surface area contributed by atoms with Crippen LogP contribution in [0.3, 0.4) is 0 Å². The van der Waals surface area contributed by atoms with Crippen LogP contribution >= 0.6 is 23.2 Å². The highest BCUT2D eigenvalue weighted by Gasteiger charge is 2.58. The Morgan fingerprint density at radius 1 is 1.07 bits per heavy atom. The lowest BCUT2D eigenvalue weighted by atomic mass is 9.37. The van der Waals surface area contributed by atoms with E-state index in [0.717, 1.165) is 44.4 Å². The number of halogens is 2. The van der Waals surface area contributed by atoms with Crippen molar-refractivity contribution < 1.29 is 14.6 Å². The molecule has 4 aliphatic rings. The summed E-state index contributed by atoms with van der Waals surface area (Å²) in [4.78, 5) is 27.3. The molecular formula is C32H49BCl2N2O3. The largest absolute Gasteiger partial charge is 0.448 e. The first kappa shape index (κ1) is 31.7. The maximum Gasteiger partial charge on any atom is 0.315 e. The third kappa shape index (κ3) is 6.70. The molecule has 3 N–H and O–H groups in total. The van der Waals surface area contributed by atoms with E-state index in [2.05, 4.69) is 52.2 Å². The summed E-state index contributed by atoms with van der Waals surface area (Å²) in [6.07, 6.45) is 8.11. The number of benzene rings is 1. The average molecular weight is 591 g/mol.